The highest BCUT2D eigenvalue weighted by molar-refractivity contribution is 7.92. The minimum absolute atomic E-state index is 0.257. The van der Waals surface area contributed by atoms with Gasteiger partial charge in [-0.2, -0.15) is 0 Å². The molecule has 304 valence electrons. The monoisotopic (exact) mass is 804 g/mol. The van der Waals surface area contributed by atoms with Crippen LogP contribution in [0.5, 0.6) is 46.0 Å². The molecule has 0 saturated carbocycles. The lowest BCUT2D eigenvalue weighted by Gasteiger charge is -2.24. The number of sulfone groups is 1. The summed E-state index contributed by atoms with van der Waals surface area (Å²) in [5.41, 5.74) is 13.4. The standard InChI is InChI=1S/C40H48N6O10S/c1-49-25-19-33(53-5)27(34(20-25)54-6)11-15-37(23-9-13-31(51-3)29(17-23)45-39(41)42)57(47,48)38(24-10-14-32(52-4)30(18-24)46-40(43)44)16-12-28-35(55-7)21-26(50-2)22-36(28)56-8/h9-22,37-38H,1-8H3,(H4,41,42,45)(H4,43,44,46)/b15-11+,16-12+. The summed E-state index contributed by atoms with van der Waals surface area (Å²) in [5.74, 6) is 2.22. The molecule has 0 aromatic heterocycles. The highest BCUT2D eigenvalue weighted by atomic mass is 32.2. The van der Waals surface area contributed by atoms with Crippen LogP contribution in [-0.2, 0) is 9.84 Å². The zero-order valence-electron chi connectivity index (χ0n) is 32.9. The summed E-state index contributed by atoms with van der Waals surface area (Å²) in [5, 5.41) is 18.5. The van der Waals surface area contributed by atoms with E-state index in [2.05, 4.69) is 10.6 Å². The number of nitrogens with two attached hydrogens (primary N) is 2. The van der Waals surface area contributed by atoms with Crippen LogP contribution in [0, 0.1) is 10.8 Å². The molecule has 0 aliphatic carbocycles. The van der Waals surface area contributed by atoms with Crippen LogP contribution < -0.4 is 60.0 Å². The van der Waals surface area contributed by atoms with E-state index in [0.717, 1.165) is 0 Å². The van der Waals surface area contributed by atoms with Gasteiger partial charge in [-0.25, -0.2) is 8.42 Å². The Morgan fingerprint density at radius 2 is 0.842 bits per heavy atom. The number of hydrogen-bond donors (Lipinski definition) is 6. The van der Waals surface area contributed by atoms with E-state index >= 15 is 8.42 Å². The molecule has 16 nitrogen and oxygen atoms in total. The summed E-state index contributed by atoms with van der Waals surface area (Å²) in [7, 11) is 7.35. The van der Waals surface area contributed by atoms with Crippen molar-refractivity contribution in [3.63, 3.8) is 0 Å². The second-order valence-corrected chi connectivity index (χ2v) is 14.2. The summed E-state index contributed by atoms with van der Waals surface area (Å²) in [6.07, 6.45) is 6.20. The summed E-state index contributed by atoms with van der Waals surface area (Å²) in [4.78, 5) is 0. The minimum Gasteiger partial charge on any atom is -0.496 e. The summed E-state index contributed by atoms with van der Waals surface area (Å²) < 4.78 is 75.6. The zero-order chi connectivity index (χ0) is 41.9. The van der Waals surface area contributed by atoms with Gasteiger partial charge in [0.2, 0.25) is 0 Å². The van der Waals surface area contributed by atoms with Crippen LogP contribution >= 0.6 is 0 Å². The van der Waals surface area contributed by atoms with Crippen LogP contribution in [0.2, 0.25) is 0 Å². The average Bonchev–Trinajstić information content (AvgIpc) is 3.20. The third-order valence-electron chi connectivity index (χ3n) is 8.73. The van der Waals surface area contributed by atoms with Crippen molar-refractivity contribution in [1.29, 1.82) is 10.8 Å². The van der Waals surface area contributed by atoms with Gasteiger partial charge in [0.05, 0.1) is 79.4 Å². The van der Waals surface area contributed by atoms with E-state index in [4.69, 9.17) is 60.2 Å². The number of guanidine groups is 2. The number of anilines is 2. The molecule has 0 amide bonds. The molecule has 8 N–H and O–H groups in total. The van der Waals surface area contributed by atoms with Crippen molar-refractivity contribution in [2.45, 2.75) is 10.5 Å². The molecule has 57 heavy (non-hydrogen) atoms. The van der Waals surface area contributed by atoms with Crippen molar-refractivity contribution in [1.82, 2.24) is 0 Å². The van der Waals surface area contributed by atoms with Gasteiger partial charge < -0.3 is 60.0 Å². The van der Waals surface area contributed by atoms with Crippen molar-refractivity contribution in [2.75, 3.05) is 67.5 Å². The largest absolute Gasteiger partial charge is 0.496 e. The minimum atomic E-state index is -4.44. The molecule has 4 aromatic rings. The van der Waals surface area contributed by atoms with Gasteiger partial charge in [-0.15, -0.1) is 0 Å². The molecule has 0 bridgehead atoms. The van der Waals surface area contributed by atoms with Crippen molar-refractivity contribution in [3.8, 4) is 46.0 Å². The van der Waals surface area contributed by atoms with Crippen LogP contribution in [0.4, 0.5) is 11.4 Å². The number of benzene rings is 4. The topological polar surface area (TPSA) is 232 Å². The first-order chi connectivity index (χ1) is 27.3. The first-order valence-corrected chi connectivity index (χ1v) is 18.7. The maximum absolute atomic E-state index is 15.6. The lowest BCUT2D eigenvalue weighted by Crippen LogP contribution is -2.22. The fraction of sp³-hybridized carbons (Fsp3) is 0.250. The normalized spacial score (nSPS) is 12.4. The van der Waals surface area contributed by atoms with Crippen molar-refractivity contribution >= 4 is 45.3 Å². The fourth-order valence-corrected chi connectivity index (χ4v) is 7.99. The molecule has 2 unspecified atom stereocenters. The molecule has 0 aliphatic rings. The van der Waals surface area contributed by atoms with Gasteiger partial charge in [-0.1, -0.05) is 24.3 Å². The number of nitrogens with one attached hydrogen (secondary N) is 4. The summed E-state index contributed by atoms with van der Waals surface area (Å²) in [6.45, 7) is 0. The quantitative estimate of drug-likeness (QED) is 0.0501. The number of methoxy groups -OCH3 is 8. The highest BCUT2D eigenvalue weighted by Gasteiger charge is 2.35. The maximum atomic E-state index is 15.6. The number of rotatable bonds is 18. The smallest absolute Gasteiger partial charge is 0.190 e. The van der Waals surface area contributed by atoms with Crippen LogP contribution in [0.25, 0.3) is 12.2 Å². The Labute approximate surface area is 332 Å². The second kappa shape index (κ2) is 19.2. The van der Waals surface area contributed by atoms with Gasteiger partial charge in [0.15, 0.2) is 21.8 Å². The molecule has 0 radical (unpaired) electrons. The van der Waals surface area contributed by atoms with Crippen LogP contribution in [0.15, 0.2) is 72.8 Å². The Balaban J connectivity index is 2.09. The average molecular weight is 805 g/mol. The van der Waals surface area contributed by atoms with E-state index in [0.29, 0.717) is 57.1 Å². The molecule has 4 rings (SSSR count). The fourth-order valence-electron chi connectivity index (χ4n) is 6.03. The van der Waals surface area contributed by atoms with Crippen LogP contribution in [0.3, 0.4) is 0 Å². The van der Waals surface area contributed by atoms with E-state index in [9.17, 15) is 0 Å². The second-order valence-electron chi connectivity index (χ2n) is 12.0. The molecule has 0 fully saturated rings. The Kier molecular flexibility index (Phi) is 14.5. The lowest BCUT2D eigenvalue weighted by atomic mass is 10.1. The van der Waals surface area contributed by atoms with Crippen LogP contribution in [0.1, 0.15) is 32.8 Å². The van der Waals surface area contributed by atoms with E-state index in [1.807, 2.05) is 0 Å². The molecule has 4 aromatic carbocycles. The number of ether oxygens (including phenoxy) is 8. The SMILES string of the molecule is COc1cc(OC)c(/C=C/C(c2ccc(OC)c(NC(=N)N)c2)S(=O)(=O)C(/C=C/c2c(OC)cc(OC)cc2OC)c2ccc(OC)c(NC(=N)N)c2)c(OC)c1. The zero-order valence-corrected chi connectivity index (χ0v) is 33.7. The van der Waals surface area contributed by atoms with Gasteiger partial charge in [0, 0.05) is 24.3 Å². The van der Waals surface area contributed by atoms with E-state index in [-0.39, 0.29) is 34.4 Å². The molecule has 0 aliphatic heterocycles. The van der Waals surface area contributed by atoms with Gasteiger partial charge >= 0.3 is 0 Å². The Morgan fingerprint density at radius 3 is 1.11 bits per heavy atom. The Bertz CT molecular complexity index is 2060. The van der Waals surface area contributed by atoms with Crippen molar-refractivity contribution in [3.05, 3.63) is 95.1 Å². The number of hydrogen-bond acceptors (Lipinski definition) is 12. The third-order valence-corrected chi connectivity index (χ3v) is 11.0. The predicted molar refractivity (Wildman–Crippen MR) is 222 cm³/mol. The summed E-state index contributed by atoms with van der Waals surface area (Å²) >= 11 is 0. The molecular formula is C40H48N6O10S. The molecule has 2 atom stereocenters. The molecular weight excluding hydrogens is 757 g/mol. The lowest BCUT2D eigenvalue weighted by molar-refractivity contribution is 0.374. The van der Waals surface area contributed by atoms with Gasteiger partial charge in [0.1, 0.15) is 56.5 Å². The van der Waals surface area contributed by atoms with Gasteiger partial charge in [0.25, 0.3) is 0 Å². The third kappa shape index (κ3) is 9.93. The van der Waals surface area contributed by atoms with E-state index in [1.165, 1.54) is 69.0 Å². The summed E-state index contributed by atoms with van der Waals surface area (Å²) in [6, 6.07) is 16.0. The first-order valence-electron chi connectivity index (χ1n) is 17.1. The Morgan fingerprint density at radius 1 is 0.526 bits per heavy atom. The van der Waals surface area contributed by atoms with E-state index < -0.39 is 20.3 Å². The van der Waals surface area contributed by atoms with Crippen LogP contribution in [-0.4, -0.2) is 77.2 Å². The Hall–Kier alpha value is -6.75. The maximum Gasteiger partial charge on any atom is 0.190 e. The highest BCUT2D eigenvalue weighted by Crippen LogP contribution is 2.44. The van der Waals surface area contributed by atoms with Crippen molar-refractivity contribution < 1.29 is 46.3 Å². The predicted octanol–water partition coefficient (Wildman–Crippen LogP) is 5.99. The van der Waals surface area contributed by atoms with Gasteiger partial charge in [-0.05, 0) is 47.5 Å². The molecule has 17 heteroatoms. The molecule has 0 heterocycles. The molecule has 0 saturated heterocycles. The van der Waals surface area contributed by atoms with Crippen molar-refractivity contribution in [2.24, 2.45) is 11.5 Å². The van der Waals surface area contributed by atoms with Gasteiger partial charge in [-0.3, -0.25) is 10.8 Å². The van der Waals surface area contributed by atoms with E-state index in [1.54, 1.807) is 72.8 Å². The first kappa shape index (κ1) is 43.0. The molecule has 0 spiro atoms.